The molecule has 2 aromatic carbocycles. The van der Waals surface area contributed by atoms with Crippen molar-refractivity contribution in [2.24, 2.45) is 0 Å². The summed E-state index contributed by atoms with van der Waals surface area (Å²) >= 11 is 0. The molecular formula is C19H17F4N3O4. The number of methoxy groups -OCH3 is 1. The smallest absolute Gasteiger partial charge is 0.416 e. The molecule has 0 amide bonds. The first-order chi connectivity index (χ1) is 14.1. The highest BCUT2D eigenvalue weighted by molar-refractivity contribution is 5.98. The fourth-order valence-corrected chi connectivity index (χ4v) is 3.39. The molecule has 160 valence electrons. The molecule has 0 bridgehead atoms. The molecule has 1 heterocycles. The van der Waals surface area contributed by atoms with Crippen molar-refractivity contribution < 1.29 is 32.0 Å². The topological polar surface area (TPSA) is 75.9 Å². The molecule has 11 heteroatoms. The lowest BCUT2D eigenvalue weighted by molar-refractivity contribution is -0.384. The largest absolute Gasteiger partial charge is 0.465 e. The number of rotatable bonds is 4. The molecule has 0 radical (unpaired) electrons. The maximum absolute atomic E-state index is 14.3. The summed E-state index contributed by atoms with van der Waals surface area (Å²) in [6.07, 6.45) is -4.48. The number of nitrogens with zero attached hydrogens (tertiary/aromatic N) is 3. The van der Waals surface area contributed by atoms with Crippen LogP contribution in [-0.2, 0) is 10.9 Å². The number of esters is 1. The second-order valence-corrected chi connectivity index (χ2v) is 6.56. The Morgan fingerprint density at radius 2 is 1.73 bits per heavy atom. The van der Waals surface area contributed by atoms with Crippen LogP contribution in [0.15, 0.2) is 36.4 Å². The van der Waals surface area contributed by atoms with Crippen molar-refractivity contribution in [2.45, 2.75) is 6.18 Å². The Hall–Kier alpha value is -3.37. The van der Waals surface area contributed by atoms with E-state index in [1.54, 1.807) is 4.90 Å². The van der Waals surface area contributed by atoms with Gasteiger partial charge in [-0.05, 0) is 24.3 Å². The van der Waals surface area contributed by atoms with Gasteiger partial charge in [-0.1, -0.05) is 6.07 Å². The highest BCUT2D eigenvalue weighted by Gasteiger charge is 2.33. The van der Waals surface area contributed by atoms with E-state index in [2.05, 4.69) is 4.74 Å². The maximum Gasteiger partial charge on any atom is 0.416 e. The molecule has 1 saturated heterocycles. The minimum absolute atomic E-state index is 0.129. The molecule has 0 spiro atoms. The predicted molar refractivity (Wildman–Crippen MR) is 100 cm³/mol. The van der Waals surface area contributed by atoms with Crippen LogP contribution < -0.4 is 9.80 Å². The molecule has 2 aromatic rings. The van der Waals surface area contributed by atoms with Crippen molar-refractivity contribution in [1.82, 2.24) is 0 Å². The van der Waals surface area contributed by atoms with Gasteiger partial charge in [-0.25, -0.2) is 9.18 Å². The molecule has 0 atom stereocenters. The summed E-state index contributed by atoms with van der Waals surface area (Å²) in [4.78, 5) is 25.9. The number of carbonyl (C=O) groups is 1. The molecule has 1 aliphatic heterocycles. The van der Waals surface area contributed by atoms with E-state index >= 15 is 0 Å². The summed E-state index contributed by atoms with van der Waals surface area (Å²) in [5.74, 6) is -2.01. The molecular weight excluding hydrogens is 410 g/mol. The quantitative estimate of drug-likeness (QED) is 0.319. The monoisotopic (exact) mass is 427 g/mol. The van der Waals surface area contributed by atoms with Gasteiger partial charge in [0.1, 0.15) is 17.1 Å². The van der Waals surface area contributed by atoms with Crippen LogP contribution in [0.5, 0.6) is 0 Å². The zero-order chi connectivity index (χ0) is 22.1. The average molecular weight is 427 g/mol. The third kappa shape index (κ3) is 4.14. The summed E-state index contributed by atoms with van der Waals surface area (Å²) in [6, 6.07) is 6.63. The molecule has 0 aliphatic carbocycles. The number of hydrogen-bond donors (Lipinski definition) is 0. The number of ether oxygens (including phenoxy) is 1. The van der Waals surface area contributed by atoms with Crippen molar-refractivity contribution in [3.8, 4) is 0 Å². The first-order valence-electron chi connectivity index (χ1n) is 8.86. The number of benzene rings is 2. The molecule has 7 nitrogen and oxygen atoms in total. The van der Waals surface area contributed by atoms with E-state index in [0.29, 0.717) is 5.69 Å². The lowest BCUT2D eigenvalue weighted by atomic mass is 10.1. The third-order valence-corrected chi connectivity index (χ3v) is 4.83. The lowest BCUT2D eigenvalue weighted by Crippen LogP contribution is -2.47. The summed E-state index contributed by atoms with van der Waals surface area (Å²) in [6.45, 7) is 0.695. The van der Waals surface area contributed by atoms with Gasteiger partial charge in [-0.15, -0.1) is 0 Å². The molecule has 3 rings (SSSR count). The molecule has 1 aliphatic rings. The van der Waals surface area contributed by atoms with E-state index in [-0.39, 0.29) is 31.9 Å². The number of nitro benzene ring substituents is 1. The minimum atomic E-state index is -4.48. The van der Waals surface area contributed by atoms with Gasteiger partial charge in [0.05, 0.1) is 17.6 Å². The van der Waals surface area contributed by atoms with Crippen molar-refractivity contribution in [3.05, 3.63) is 63.5 Å². The standard InChI is InChI=1S/C19H17F4N3O4/c1-30-18(27)16-14(20)5-6-15(26(28)29)17(16)25-9-7-24(8-10-25)13-4-2-3-12(11-13)19(21,22)23/h2-6,11H,7-10H2,1H3. The highest BCUT2D eigenvalue weighted by Crippen LogP contribution is 2.36. The number of alkyl halides is 3. The second-order valence-electron chi connectivity index (χ2n) is 6.56. The number of carbonyl (C=O) groups excluding carboxylic acids is 1. The van der Waals surface area contributed by atoms with E-state index in [1.807, 2.05) is 0 Å². The Balaban J connectivity index is 1.89. The molecule has 30 heavy (non-hydrogen) atoms. The van der Waals surface area contributed by atoms with Gasteiger partial charge in [0.15, 0.2) is 0 Å². The molecule has 0 aromatic heterocycles. The Morgan fingerprint density at radius 3 is 2.30 bits per heavy atom. The SMILES string of the molecule is COC(=O)c1c(F)ccc([N+](=O)[O-])c1N1CCN(c2cccc(C(F)(F)F)c2)CC1. The number of hydrogen-bond acceptors (Lipinski definition) is 6. The van der Waals surface area contributed by atoms with Crippen molar-refractivity contribution >= 4 is 23.0 Å². The van der Waals surface area contributed by atoms with Gasteiger partial charge < -0.3 is 14.5 Å². The lowest BCUT2D eigenvalue weighted by Gasteiger charge is -2.37. The number of halogens is 4. The molecule has 1 fully saturated rings. The second kappa shape index (κ2) is 8.17. The Labute approximate surface area is 168 Å². The fraction of sp³-hybridized carbons (Fsp3) is 0.316. The Kier molecular flexibility index (Phi) is 5.81. The summed E-state index contributed by atoms with van der Waals surface area (Å²) in [5, 5.41) is 11.4. The van der Waals surface area contributed by atoms with Crippen LogP contribution in [0.25, 0.3) is 0 Å². The maximum atomic E-state index is 14.3. The van der Waals surface area contributed by atoms with Gasteiger partial charge in [-0.2, -0.15) is 13.2 Å². The van der Waals surface area contributed by atoms with E-state index in [0.717, 1.165) is 31.4 Å². The van der Waals surface area contributed by atoms with E-state index < -0.39 is 39.7 Å². The number of nitro groups is 1. The van der Waals surface area contributed by atoms with Crippen LogP contribution in [0.3, 0.4) is 0 Å². The van der Waals surface area contributed by atoms with Crippen molar-refractivity contribution in [1.29, 1.82) is 0 Å². The first kappa shape index (κ1) is 21.3. The average Bonchev–Trinajstić information content (AvgIpc) is 2.72. The van der Waals surface area contributed by atoms with Crippen LogP contribution in [0.2, 0.25) is 0 Å². The fourth-order valence-electron chi connectivity index (χ4n) is 3.39. The van der Waals surface area contributed by atoms with Gasteiger partial charge in [0, 0.05) is 37.9 Å². The van der Waals surface area contributed by atoms with Gasteiger partial charge >= 0.3 is 12.1 Å². The zero-order valence-electron chi connectivity index (χ0n) is 15.8. The van der Waals surface area contributed by atoms with E-state index in [4.69, 9.17) is 0 Å². The van der Waals surface area contributed by atoms with Crippen LogP contribution >= 0.6 is 0 Å². The van der Waals surface area contributed by atoms with Crippen molar-refractivity contribution in [3.63, 3.8) is 0 Å². The van der Waals surface area contributed by atoms with Crippen LogP contribution in [0.4, 0.5) is 34.6 Å². The van der Waals surface area contributed by atoms with Crippen LogP contribution in [0, 0.1) is 15.9 Å². The zero-order valence-corrected chi connectivity index (χ0v) is 15.8. The Morgan fingerprint density at radius 1 is 1.10 bits per heavy atom. The summed E-state index contributed by atoms with van der Waals surface area (Å²) < 4.78 is 57.8. The predicted octanol–water partition coefficient (Wildman–Crippen LogP) is 3.87. The molecule has 0 N–H and O–H groups in total. The van der Waals surface area contributed by atoms with E-state index in [1.165, 1.54) is 17.0 Å². The van der Waals surface area contributed by atoms with Crippen molar-refractivity contribution in [2.75, 3.05) is 43.1 Å². The van der Waals surface area contributed by atoms with Gasteiger partial charge in [0.25, 0.3) is 5.69 Å². The minimum Gasteiger partial charge on any atom is -0.465 e. The highest BCUT2D eigenvalue weighted by atomic mass is 19.4. The third-order valence-electron chi connectivity index (χ3n) is 4.83. The summed E-state index contributed by atoms with van der Waals surface area (Å²) in [5.41, 5.74) is -1.62. The number of anilines is 2. The van der Waals surface area contributed by atoms with E-state index in [9.17, 15) is 32.5 Å². The van der Waals surface area contributed by atoms with Crippen LogP contribution in [0.1, 0.15) is 15.9 Å². The first-order valence-corrected chi connectivity index (χ1v) is 8.86. The van der Waals surface area contributed by atoms with Gasteiger partial charge in [-0.3, -0.25) is 10.1 Å². The summed E-state index contributed by atoms with van der Waals surface area (Å²) in [7, 11) is 1.04. The molecule has 0 saturated carbocycles. The number of piperazine rings is 1. The van der Waals surface area contributed by atoms with Gasteiger partial charge in [0.2, 0.25) is 0 Å². The van der Waals surface area contributed by atoms with Crippen LogP contribution in [-0.4, -0.2) is 44.2 Å². The molecule has 0 unspecified atom stereocenters. The Bertz CT molecular complexity index is 973. The normalized spacial score (nSPS) is 14.6.